The van der Waals surface area contributed by atoms with Gasteiger partial charge in [0.2, 0.25) is 0 Å². The van der Waals surface area contributed by atoms with E-state index in [4.69, 9.17) is 0 Å². The van der Waals surface area contributed by atoms with E-state index in [1.165, 1.54) is 19.3 Å². The molecule has 1 rings (SSSR count). The van der Waals surface area contributed by atoms with Crippen molar-refractivity contribution in [2.45, 2.75) is 25.7 Å². The van der Waals surface area contributed by atoms with Crippen molar-refractivity contribution in [2.24, 2.45) is 0 Å². The van der Waals surface area contributed by atoms with Crippen LogP contribution in [0.2, 0.25) is 0 Å². The van der Waals surface area contributed by atoms with Gasteiger partial charge in [-0.2, -0.15) is 6.08 Å². The zero-order valence-electron chi connectivity index (χ0n) is 5.80. The third kappa shape index (κ3) is 6.51. The molecule has 1 aliphatic rings. The van der Waals surface area contributed by atoms with E-state index in [1.807, 2.05) is 6.08 Å². The zero-order chi connectivity index (χ0) is 5.66. The van der Waals surface area contributed by atoms with Crippen LogP contribution in [0.15, 0.2) is 18.2 Å². The van der Waals surface area contributed by atoms with E-state index >= 15 is 0 Å². The van der Waals surface area contributed by atoms with Gasteiger partial charge in [-0.1, -0.05) is 19.3 Å². The Bertz CT molecular complexity index is 93.8. The zero-order valence-corrected chi connectivity index (χ0v) is 8.26. The molecular weight excluding hydrogens is 234 g/mol. The minimum atomic E-state index is 0. The summed E-state index contributed by atoms with van der Waals surface area (Å²) >= 11 is 0. The summed E-state index contributed by atoms with van der Waals surface area (Å²) in [5.74, 6) is 0. The molecule has 0 N–H and O–H groups in total. The van der Waals surface area contributed by atoms with Gasteiger partial charge in [0.1, 0.15) is 0 Å². The van der Waals surface area contributed by atoms with Crippen LogP contribution in [0.3, 0.4) is 0 Å². The van der Waals surface area contributed by atoms with Gasteiger partial charge < -0.3 is 0 Å². The van der Waals surface area contributed by atoms with Crippen LogP contribution in [0.4, 0.5) is 0 Å². The van der Waals surface area contributed by atoms with Gasteiger partial charge in [0.05, 0.1) is 0 Å². The Kier molecular flexibility index (Phi) is 12.2. The first-order chi connectivity index (χ1) is 4.00. The van der Waals surface area contributed by atoms with Crippen molar-refractivity contribution in [3.8, 4) is 0 Å². The molecule has 0 aliphatic heterocycles. The van der Waals surface area contributed by atoms with Gasteiger partial charge in [0.15, 0.2) is 0 Å². The van der Waals surface area contributed by atoms with E-state index in [2.05, 4.69) is 18.2 Å². The van der Waals surface area contributed by atoms with E-state index in [0.717, 1.165) is 6.42 Å². The fraction of sp³-hybridized carbons (Fsp3) is 0.500. The molecule has 0 amide bonds. The number of halogens is 1. The fourth-order valence-electron chi connectivity index (χ4n) is 0.805. The molecule has 0 bridgehead atoms. The molecule has 0 unspecified atom stereocenters. The third-order valence-corrected chi connectivity index (χ3v) is 1.29. The van der Waals surface area contributed by atoms with Gasteiger partial charge in [-0.15, -0.1) is 18.8 Å². The summed E-state index contributed by atoms with van der Waals surface area (Å²) in [5, 5.41) is 0. The maximum Gasteiger partial charge on any atom is 0 e. The SMILES string of the molecule is Cl.[C-]1=CC=CCCCC1.[Rh]. The molecule has 0 spiro atoms. The second-order valence-electron chi connectivity index (χ2n) is 2.04. The second-order valence-corrected chi connectivity index (χ2v) is 2.04. The molecule has 10 heavy (non-hydrogen) atoms. The Hall–Kier alpha value is 0.393. The summed E-state index contributed by atoms with van der Waals surface area (Å²) in [7, 11) is 0. The van der Waals surface area contributed by atoms with Crippen LogP contribution in [0, 0.1) is 6.08 Å². The summed E-state index contributed by atoms with van der Waals surface area (Å²) in [6.07, 6.45) is 14.5. The van der Waals surface area contributed by atoms with Crippen molar-refractivity contribution in [1.82, 2.24) is 0 Å². The van der Waals surface area contributed by atoms with Crippen molar-refractivity contribution in [3.05, 3.63) is 24.3 Å². The standard InChI is InChI=1S/C8H11.ClH.Rh/c1-2-4-6-8-7-5-3-1;;/h1-3H,4,6-8H2;1H;/q-1;;. The Morgan fingerprint density at radius 1 is 1.20 bits per heavy atom. The first-order valence-corrected chi connectivity index (χ1v) is 3.22. The maximum atomic E-state index is 3.18. The normalized spacial score (nSPS) is 16.0. The van der Waals surface area contributed by atoms with Crippen LogP contribution < -0.4 is 0 Å². The van der Waals surface area contributed by atoms with E-state index < -0.39 is 0 Å². The number of hydrogen-bond acceptors (Lipinski definition) is 0. The van der Waals surface area contributed by atoms with Crippen LogP contribution in [-0.2, 0) is 19.5 Å². The van der Waals surface area contributed by atoms with E-state index in [0.29, 0.717) is 0 Å². The molecule has 0 aromatic carbocycles. The average molecular weight is 247 g/mol. The van der Waals surface area contributed by atoms with Crippen LogP contribution in [0.25, 0.3) is 0 Å². The van der Waals surface area contributed by atoms with Crippen molar-refractivity contribution in [3.63, 3.8) is 0 Å². The molecule has 0 saturated heterocycles. The number of allylic oxidation sites excluding steroid dienone is 4. The summed E-state index contributed by atoms with van der Waals surface area (Å²) in [6.45, 7) is 0. The molecule has 2 heteroatoms. The fourth-order valence-corrected chi connectivity index (χ4v) is 0.805. The maximum absolute atomic E-state index is 3.18. The Morgan fingerprint density at radius 2 is 2.00 bits per heavy atom. The Morgan fingerprint density at radius 3 is 2.80 bits per heavy atom. The molecule has 0 aromatic heterocycles. The first kappa shape index (κ1) is 13.0. The molecule has 1 radical (unpaired) electrons. The third-order valence-electron chi connectivity index (χ3n) is 1.29. The molecule has 0 aromatic rings. The van der Waals surface area contributed by atoms with Gasteiger partial charge >= 0.3 is 0 Å². The van der Waals surface area contributed by atoms with Crippen molar-refractivity contribution >= 4 is 12.4 Å². The second kappa shape index (κ2) is 9.39. The predicted molar refractivity (Wildman–Crippen MR) is 42.7 cm³/mol. The number of rotatable bonds is 0. The molecule has 0 heterocycles. The summed E-state index contributed by atoms with van der Waals surface area (Å²) < 4.78 is 0. The van der Waals surface area contributed by atoms with Crippen LogP contribution in [0.1, 0.15) is 25.7 Å². The van der Waals surface area contributed by atoms with E-state index in [9.17, 15) is 0 Å². The molecular formula is C8H12ClRh-. The van der Waals surface area contributed by atoms with Crippen LogP contribution in [0.5, 0.6) is 0 Å². The van der Waals surface area contributed by atoms with Crippen LogP contribution >= 0.6 is 12.4 Å². The van der Waals surface area contributed by atoms with E-state index in [1.54, 1.807) is 0 Å². The topological polar surface area (TPSA) is 0 Å². The van der Waals surface area contributed by atoms with Gasteiger partial charge in [-0.3, -0.25) is 6.08 Å². The molecule has 61 valence electrons. The molecule has 0 saturated carbocycles. The largest absolute Gasteiger partial charge is 0.275 e. The minimum Gasteiger partial charge on any atom is -0.275 e. The monoisotopic (exact) mass is 246 g/mol. The predicted octanol–water partition coefficient (Wildman–Crippen LogP) is 2.90. The summed E-state index contributed by atoms with van der Waals surface area (Å²) in [6, 6.07) is 0. The van der Waals surface area contributed by atoms with Gasteiger partial charge in [0, 0.05) is 19.5 Å². The molecule has 0 atom stereocenters. The van der Waals surface area contributed by atoms with Gasteiger partial charge in [-0.25, -0.2) is 12.2 Å². The Labute approximate surface area is 81.9 Å². The summed E-state index contributed by atoms with van der Waals surface area (Å²) in [5.41, 5.74) is 0. The van der Waals surface area contributed by atoms with Gasteiger partial charge in [0.25, 0.3) is 0 Å². The average Bonchev–Trinajstić information content (AvgIpc) is 1.62. The first-order valence-electron chi connectivity index (χ1n) is 3.22. The van der Waals surface area contributed by atoms with Crippen molar-refractivity contribution in [1.29, 1.82) is 0 Å². The Balaban J connectivity index is 0. The minimum absolute atomic E-state index is 0. The smallest absolute Gasteiger partial charge is 0 e. The number of hydrogen-bond donors (Lipinski definition) is 0. The quantitative estimate of drug-likeness (QED) is 0.455. The molecule has 1 aliphatic carbocycles. The molecule has 0 fully saturated rings. The van der Waals surface area contributed by atoms with Crippen molar-refractivity contribution < 1.29 is 19.5 Å². The van der Waals surface area contributed by atoms with E-state index in [-0.39, 0.29) is 31.9 Å². The summed E-state index contributed by atoms with van der Waals surface area (Å²) in [4.78, 5) is 0. The molecule has 0 nitrogen and oxygen atoms in total. The van der Waals surface area contributed by atoms with Crippen molar-refractivity contribution in [2.75, 3.05) is 0 Å². The van der Waals surface area contributed by atoms with Gasteiger partial charge in [-0.05, 0) is 0 Å². The van der Waals surface area contributed by atoms with Crippen LogP contribution in [-0.4, -0.2) is 0 Å².